The maximum absolute atomic E-state index is 13.2. The van der Waals surface area contributed by atoms with E-state index in [0.29, 0.717) is 19.5 Å². The summed E-state index contributed by atoms with van der Waals surface area (Å²) in [5.74, 6) is -0.493. The highest BCUT2D eigenvalue weighted by Crippen LogP contribution is 2.30. The van der Waals surface area contributed by atoms with Crippen LogP contribution in [0.25, 0.3) is 0 Å². The highest BCUT2D eigenvalue weighted by Gasteiger charge is 2.35. The first-order valence-electron chi connectivity index (χ1n) is 6.03. The summed E-state index contributed by atoms with van der Waals surface area (Å²) in [4.78, 5) is -0.181. The predicted octanol–water partition coefficient (Wildman–Crippen LogP) is 1.84. The number of hydrogen-bond donors (Lipinski definition) is 1. The van der Waals surface area contributed by atoms with E-state index >= 15 is 0 Å². The molecule has 0 amide bonds. The van der Waals surface area contributed by atoms with Crippen LogP contribution in [0.5, 0.6) is 0 Å². The zero-order valence-corrected chi connectivity index (χ0v) is 12.1. The van der Waals surface area contributed by atoms with Crippen molar-refractivity contribution < 1.29 is 12.8 Å². The molecule has 7 heteroatoms. The summed E-state index contributed by atoms with van der Waals surface area (Å²) in [6.45, 7) is 2.60. The van der Waals surface area contributed by atoms with Gasteiger partial charge in [0.2, 0.25) is 10.0 Å². The molecule has 0 spiro atoms. The molecule has 1 aliphatic heterocycles. The first-order valence-corrected chi connectivity index (χ1v) is 7.85. The van der Waals surface area contributed by atoms with Crippen LogP contribution in [-0.2, 0) is 10.0 Å². The van der Waals surface area contributed by atoms with Crippen LogP contribution in [0, 0.1) is 11.7 Å². The van der Waals surface area contributed by atoms with Gasteiger partial charge >= 0.3 is 0 Å². The third kappa shape index (κ3) is 2.91. The Morgan fingerprint density at radius 1 is 1.53 bits per heavy atom. The molecule has 2 N–H and O–H groups in total. The van der Waals surface area contributed by atoms with Crippen molar-refractivity contribution in [3.05, 3.63) is 29.0 Å². The van der Waals surface area contributed by atoms with E-state index in [-0.39, 0.29) is 21.9 Å². The second kappa shape index (κ2) is 5.36. The Morgan fingerprint density at radius 2 is 2.21 bits per heavy atom. The number of nitrogens with zero attached hydrogens (tertiary/aromatic N) is 1. The molecule has 1 heterocycles. The van der Waals surface area contributed by atoms with Gasteiger partial charge in [-0.2, -0.15) is 4.31 Å². The topological polar surface area (TPSA) is 63.4 Å². The standard InChI is InChI=1S/C12H16ClFN2O2S/c1-8(15)9-4-5-16(7-9)19(17,18)12-6-10(14)2-3-11(12)13/h2-3,6,8-9H,4-5,7,15H2,1H3. The van der Waals surface area contributed by atoms with Gasteiger partial charge in [-0.05, 0) is 37.5 Å². The predicted molar refractivity (Wildman–Crippen MR) is 71.9 cm³/mol. The zero-order valence-electron chi connectivity index (χ0n) is 10.5. The van der Waals surface area contributed by atoms with Gasteiger partial charge in [0, 0.05) is 19.1 Å². The Morgan fingerprint density at radius 3 is 2.79 bits per heavy atom. The first kappa shape index (κ1) is 14.7. The Hall–Kier alpha value is -0.690. The molecule has 1 aromatic carbocycles. The summed E-state index contributed by atoms with van der Waals surface area (Å²) >= 11 is 5.86. The third-order valence-electron chi connectivity index (χ3n) is 3.44. The molecule has 0 bridgehead atoms. The van der Waals surface area contributed by atoms with Crippen LogP contribution in [0.3, 0.4) is 0 Å². The second-order valence-corrected chi connectivity index (χ2v) is 7.16. The van der Waals surface area contributed by atoms with E-state index < -0.39 is 15.8 Å². The highest BCUT2D eigenvalue weighted by atomic mass is 35.5. The maximum Gasteiger partial charge on any atom is 0.244 e. The van der Waals surface area contributed by atoms with Crippen molar-refractivity contribution in [1.29, 1.82) is 0 Å². The summed E-state index contributed by atoms with van der Waals surface area (Å²) in [6.07, 6.45) is 0.712. The van der Waals surface area contributed by atoms with E-state index in [9.17, 15) is 12.8 Å². The smallest absolute Gasteiger partial charge is 0.244 e. The largest absolute Gasteiger partial charge is 0.328 e. The monoisotopic (exact) mass is 306 g/mol. The zero-order chi connectivity index (χ0) is 14.2. The summed E-state index contributed by atoms with van der Waals surface area (Å²) in [6, 6.07) is 3.28. The van der Waals surface area contributed by atoms with E-state index in [2.05, 4.69) is 0 Å². The Labute approximate surface area is 117 Å². The van der Waals surface area contributed by atoms with E-state index in [0.717, 1.165) is 12.1 Å². The van der Waals surface area contributed by atoms with E-state index in [1.54, 1.807) is 0 Å². The average Bonchev–Trinajstić information content (AvgIpc) is 2.82. The maximum atomic E-state index is 13.2. The number of sulfonamides is 1. The van der Waals surface area contributed by atoms with Gasteiger partial charge in [-0.15, -0.1) is 0 Å². The molecule has 0 aromatic heterocycles. The van der Waals surface area contributed by atoms with Crippen molar-refractivity contribution in [3.63, 3.8) is 0 Å². The fourth-order valence-electron chi connectivity index (χ4n) is 2.22. The van der Waals surface area contributed by atoms with Crippen molar-refractivity contribution >= 4 is 21.6 Å². The fraction of sp³-hybridized carbons (Fsp3) is 0.500. The van der Waals surface area contributed by atoms with Crippen LogP contribution >= 0.6 is 11.6 Å². The molecule has 1 aliphatic rings. The van der Waals surface area contributed by atoms with Gasteiger partial charge in [-0.25, -0.2) is 12.8 Å². The molecule has 1 fully saturated rings. The SMILES string of the molecule is CC(N)C1CCN(S(=O)(=O)c2cc(F)ccc2Cl)C1. The van der Waals surface area contributed by atoms with Gasteiger partial charge in [0.15, 0.2) is 0 Å². The van der Waals surface area contributed by atoms with Crippen LogP contribution in [0.2, 0.25) is 5.02 Å². The van der Waals surface area contributed by atoms with Crippen molar-refractivity contribution in [1.82, 2.24) is 4.31 Å². The lowest BCUT2D eigenvalue weighted by atomic mass is 10.0. The molecule has 0 radical (unpaired) electrons. The third-order valence-corrected chi connectivity index (χ3v) is 5.79. The molecule has 2 rings (SSSR count). The summed E-state index contributed by atoms with van der Waals surface area (Å²) in [5.41, 5.74) is 5.79. The van der Waals surface area contributed by atoms with Gasteiger partial charge in [0.1, 0.15) is 10.7 Å². The van der Waals surface area contributed by atoms with E-state index in [1.165, 1.54) is 10.4 Å². The van der Waals surface area contributed by atoms with Crippen LogP contribution in [0.1, 0.15) is 13.3 Å². The first-order chi connectivity index (χ1) is 8.82. The van der Waals surface area contributed by atoms with Crippen molar-refractivity contribution in [2.75, 3.05) is 13.1 Å². The normalized spacial score (nSPS) is 22.6. The molecule has 0 saturated carbocycles. The molecular formula is C12H16ClFN2O2S. The molecule has 2 unspecified atom stereocenters. The molecule has 0 aliphatic carbocycles. The van der Waals surface area contributed by atoms with Gasteiger partial charge in [0.05, 0.1) is 5.02 Å². The minimum Gasteiger partial charge on any atom is -0.328 e. The molecular weight excluding hydrogens is 291 g/mol. The lowest BCUT2D eigenvalue weighted by Gasteiger charge is -2.18. The second-order valence-electron chi connectivity index (χ2n) is 4.85. The fourth-order valence-corrected chi connectivity index (χ4v) is 4.21. The lowest BCUT2D eigenvalue weighted by Crippen LogP contribution is -2.33. The van der Waals surface area contributed by atoms with Crippen LogP contribution in [0.4, 0.5) is 4.39 Å². The lowest BCUT2D eigenvalue weighted by molar-refractivity contribution is 0.428. The molecule has 19 heavy (non-hydrogen) atoms. The number of benzene rings is 1. The minimum absolute atomic E-state index is 0.0330. The van der Waals surface area contributed by atoms with Gasteiger partial charge in [0.25, 0.3) is 0 Å². The number of hydrogen-bond acceptors (Lipinski definition) is 3. The molecule has 4 nitrogen and oxygen atoms in total. The summed E-state index contributed by atoms with van der Waals surface area (Å²) < 4.78 is 39.3. The number of halogens is 2. The van der Waals surface area contributed by atoms with Gasteiger partial charge in [-0.1, -0.05) is 11.6 Å². The van der Waals surface area contributed by atoms with Crippen LogP contribution in [-0.4, -0.2) is 31.9 Å². The van der Waals surface area contributed by atoms with Gasteiger partial charge < -0.3 is 5.73 Å². The van der Waals surface area contributed by atoms with Crippen molar-refractivity contribution in [2.24, 2.45) is 11.7 Å². The summed E-state index contributed by atoms with van der Waals surface area (Å²) in [7, 11) is -3.75. The molecule has 106 valence electrons. The van der Waals surface area contributed by atoms with Crippen molar-refractivity contribution in [3.8, 4) is 0 Å². The molecule has 1 saturated heterocycles. The van der Waals surface area contributed by atoms with Crippen molar-refractivity contribution in [2.45, 2.75) is 24.3 Å². The molecule has 2 atom stereocenters. The van der Waals surface area contributed by atoms with E-state index in [4.69, 9.17) is 17.3 Å². The van der Waals surface area contributed by atoms with E-state index in [1.807, 2.05) is 6.92 Å². The Balaban J connectivity index is 2.31. The van der Waals surface area contributed by atoms with Gasteiger partial charge in [-0.3, -0.25) is 0 Å². The summed E-state index contributed by atoms with van der Waals surface area (Å²) in [5, 5.41) is 0.0330. The minimum atomic E-state index is -3.75. The molecule has 1 aromatic rings. The Bertz CT molecular complexity index is 577. The number of nitrogens with two attached hydrogens (primary N) is 1. The average molecular weight is 307 g/mol. The quantitative estimate of drug-likeness (QED) is 0.927. The Kier molecular flexibility index (Phi) is 4.15. The van der Waals surface area contributed by atoms with Crippen LogP contribution in [0.15, 0.2) is 23.1 Å². The number of rotatable bonds is 3. The van der Waals surface area contributed by atoms with Crippen LogP contribution < -0.4 is 5.73 Å². The highest BCUT2D eigenvalue weighted by molar-refractivity contribution is 7.89.